The van der Waals surface area contributed by atoms with E-state index in [9.17, 15) is 0 Å². The zero-order chi connectivity index (χ0) is 19.3. The van der Waals surface area contributed by atoms with Crippen LogP contribution in [0.25, 0.3) is 32.5 Å². The zero-order valence-electron chi connectivity index (χ0n) is 15.8. The van der Waals surface area contributed by atoms with Crippen LogP contribution in [0.5, 0.6) is 5.75 Å². The van der Waals surface area contributed by atoms with Gasteiger partial charge in [-0.05, 0) is 36.1 Å². The first-order chi connectivity index (χ1) is 13.8. The summed E-state index contributed by atoms with van der Waals surface area (Å²) in [6.07, 6.45) is 4.80. The number of nitrogens with zero attached hydrogens (tertiary/aromatic N) is 2. The van der Waals surface area contributed by atoms with E-state index in [2.05, 4.69) is 62.9 Å². The summed E-state index contributed by atoms with van der Waals surface area (Å²) in [4.78, 5) is 5.77. The van der Waals surface area contributed by atoms with Crippen LogP contribution in [-0.4, -0.2) is 46.3 Å². The normalized spacial score (nSPS) is 11.5. The van der Waals surface area contributed by atoms with Crippen molar-refractivity contribution in [3.05, 3.63) is 61.0 Å². The number of aromatic amines is 2. The number of H-pyrrole nitrogens is 2. The maximum Gasteiger partial charge on any atom is 0.126 e. The van der Waals surface area contributed by atoms with Crippen LogP contribution in [0.3, 0.4) is 0 Å². The molecule has 0 aliphatic rings. The molecule has 5 nitrogen and oxygen atoms in total. The Morgan fingerprint density at radius 3 is 2.79 bits per heavy atom. The number of hydrogen-bond donors (Lipinski definition) is 2. The Kier molecular flexibility index (Phi) is 5.60. The minimum Gasteiger partial charge on any atom is -0.493 e. The van der Waals surface area contributed by atoms with Crippen molar-refractivity contribution in [2.45, 2.75) is 6.42 Å². The van der Waals surface area contributed by atoms with Gasteiger partial charge in [0.2, 0.25) is 0 Å². The van der Waals surface area contributed by atoms with E-state index in [4.69, 9.17) is 4.74 Å². The van der Waals surface area contributed by atoms with Crippen LogP contribution >= 0.6 is 11.3 Å². The summed E-state index contributed by atoms with van der Waals surface area (Å²) in [5.41, 5.74) is 4.11. The molecule has 0 atom stereocenters. The van der Waals surface area contributed by atoms with Crippen molar-refractivity contribution in [1.29, 1.82) is 0 Å². The molecule has 6 heteroatoms. The summed E-state index contributed by atoms with van der Waals surface area (Å²) in [5, 5.41) is 10.8. The van der Waals surface area contributed by atoms with Crippen molar-refractivity contribution in [3.8, 4) is 17.1 Å². The average molecular weight is 393 g/mol. The molecule has 3 aromatic heterocycles. The Bertz CT molecular complexity index is 1080. The molecular formula is C22H24N4OS. The molecule has 0 saturated carbocycles. The first kappa shape index (κ1) is 18.5. The molecule has 0 amide bonds. The largest absolute Gasteiger partial charge is 0.493 e. The van der Waals surface area contributed by atoms with Gasteiger partial charge in [0.05, 0.1) is 22.5 Å². The zero-order valence-corrected chi connectivity index (χ0v) is 16.6. The summed E-state index contributed by atoms with van der Waals surface area (Å²) in [6, 6.07) is 10.4. The van der Waals surface area contributed by atoms with Gasteiger partial charge in [-0.1, -0.05) is 12.2 Å². The molecule has 0 radical (unpaired) electrons. The Hall–Kier alpha value is -2.83. The number of hydrogen-bond acceptors (Lipinski definition) is 4. The van der Waals surface area contributed by atoms with E-state index in [0.29, 0.717) is 6.61 Å². The SMILES string of the molecule is C=CCN(CC=C)CCCOc1ccc2cc(-c3n[nH]c4ccsc34)[nH]c2c1. The maximum absolute atomic E-state index is 5.96. The van der Waals surface area contributed by atoms with E-state index in [-0.39, 0.29) is 0 Å². The van der Waals surface area contributed by atoms with Gasteiger partial charge >= 0.3 is 0 Å². The number of ether oxygens (including phenoxy) is 1. The lowest BCUT2D eigenvalue weighted by Crippen LogP contribution is -2.26. The molecule has 1 aromatic carbocycles. The highest BCUT2D eigenvalue weighted by atomic mass is 32.1. The summed E-state index contributed by atoms with van der Waals surface area (Å²) in [6.45, 7) is 11.0. The molecule has 0 aliphatic carbocycles. The second-order valence-electron chi connectivity index (χ2n) is 6.71. The second kappa shape index (κ2) is 8.46. The van der Waals surface area contributed by atoms with Crippen molar-refractivity contribution in [1.82, 2.24) is 20.1 Å². The highest BCUT2D eigenvalue weighted by Crippen LogP contribution is 2.32. The third kappa shape index (κ3) is 3.88. The number of benzene rings is 1. The van der Waals surface area contributed by atoms with Gasteiger partial charge in [-0.3, -0.25) is 10.00 Å². The highest BCUT2D eigenvalue weighted by molar-refractivity contribution is 7.17. The molecule has 3 heterocycles. The van der Waals surface area contributed by atoms with Gasteiger partial charge in [0.25, 0.3) is 0 Å². The molecular weight excluding hydrogens is 368 g/mol. The van der Waals surface area contributed by atoms with Gasteiger partial charge in [0, 0.05) is 36.6 Å². The predicted molar refractivity (Wildman–Crippen MR) is 118 cm³/mol. The van der Waals surface area contributed by atoms with E-state index < -0.39 is 0 Å². The van der Waals surface area contributed by atoms with Crippen LogP contribution in [0, 0.1) is 0 Å². The summed E-state index contributed by atoms with van der Waals surface area (Å²) in [5.74, 6) is 0.878. The molecule has 4 rings (SSSR count). The monoisotopic (exact) mass is 392 g/mol. The van der Waals surface area contributed by atoms with Crippen molar-refractivity contribution in [3.63, 3.8) is 0 Å². The van der Waals surface area contributed by atoms with Gasteiger partial charge in [-0.15, -0.1) is 24.5 Å². The van der Waals surface area contributed by atoms with Crippen LogP contribution in [0.4, 0.5) is 0 Å². The third-order valence-electron chi connectivity index (χ3n) is 4.68. The molecule has 0 spiro atoms. The number of thiophene rings is 1. The first-order valence-corrected chi connectivity index (χ1v) is 10.3. The molecule has 28 heavy (non-hydrogen) atoms. The lowest BCUT2D eigenvalue weighted by molar-refractivity contribution is 0.262. The van der Waals surface area contributed by atoms with Gasteiger partial charge in [-0.2, -0.15) is 5.10 Å². The minimum absolute atomic E-state index is 0.680. The number of nitrogens with one attached hydrogen (secondary N) is 2. The summed E-state index contributed by atoms with van der Waals surface area (Å²) >= 11 is 1.70. The van der Waals surface area contributed by atoms with Gasteiger partial charge in [-0.25, -0.2) is 0 Å². The van der Waals surface area contributed by atoms with Gasteiger partial charge in [0.1, 0.15) is 11.4 Å². The Morgan fingerprint density at radius 1 is 1.11 bits per heavy atom. The van der Waals surface area contributed by atoms with Gasteiger partial charge < -0.3 is 9.72 Å². The van der Waals surface area contributed by atoms with E-state index >= 15 is 0 Å². The summed E-state index contributed by atoms with van der Waals surface area (Å²) in [7, 11) is 0. The molecule has 0 unspecified atom stereocenters. The van der Waals surface area contributed by atoms with Crippen molar-refractivity contribution < 1.29 is 4.74 Å². The first-order valence-electron chi connectivity index (χ1n) is 9.40. The van der Waals surface area contributed by atoms with Crippen LogP contribution in [-0.2, 0) is 0 Å². The van der Waals surface area contributed by atoms with E-state index in [0.717, 1.165) is 59.6 Å². The minimum atomic E-state index is 0.680. The van der Waals surface area contributed by atoms with E-state index in [1.165, 1.54) is 4.70 Å². The van der Waals surface area contributed by atoms with Crippen molar-refractivity contribution in [2.24, 2.45) is 0 Å². The summed E-state index contributed by atoms with van der Waals surface area (Å²) < 4.78 is 7.13. The topological polar surface area (TPSA) is 56.9 Å². The molecule has 0 saturated heterocycles. The third-order valence-corrected chi connectivity index (χ3v) is 5.60. The van der Waals surface area contributed by atoms with Crippen LogP contribution in [0.2, 0.25) is 0 Å². The fourth-order valence-corrected chi connectivity index (χ4v) is 4.20. The molecule has 0 aliphatic heterocycles. The Balaban J connectivity index is 1.41. The second-order valence-corrected chi connectivity index (χ2v) is 7.62. The van der Waals surface area contributed by atoms with Crippen molar-refractivity contribution in [2.75, 3.05) is 26.2 Å². The Morgan fingerprint density at radius 2 is 1.96 bits per heavy atom. The molecule has 144 valence electrons. The number of fused-ring (bicyclic) bond motifs is 2. The predicted octanol–water partition coefficient (Wildman–Crippen LogP) is 5.22. The molecule has 0 fully saturated rings. The Labute approximate surface area is 168 Å². The smallest absolute Gasteiger partial charge is 0.126 e. The number of rotatable bonds is 10. The molecule has 4 aromatic rings. The van der Waals surface area contributed by atoms with Crippen molar-refractivity contribution >= 4 is 32.5 Å². The molecule has 2 N–H and O–H groups in total. The van der Waals surface area contributed by atoms with E-state index in [1.54, 1.807) is 11.3 Å². The fourth-order valence-electron chi connectivity index (χ4n) is 3.35. The van der Waals surface area contributed by atoms with Crippen LogP contribution < -0.4 is 4.74 Å². The van der Waals surface area contributed by atoms with Gasteiger partial charge in [0.15, 0.2) is 0 Å². The standard InChI is InChI=1S/C22H24N4OS/c1-3-9-26(10-4-2)11-5-12-27-17-7-6-16-14-20(23-19(16)15-17)21-22-18(24-25-21)8-13-28-22/h3-4,6-8,13-15,23H,1-2,5,9-12H2,(H,24,25). The average Bonchev–Trinajstić information content (AvgIpc) is 3.40. The lowest BCUT2D eigenvalue weighted by atomic mass is 10.2. The number of aromatic nitrogens is 3. The highest BCUT2D eigenvalue weighted by Gasteiger charge is 2.12. The quantitative estimate of drug-likeness (QED) is 0.287. The van der Waals surface area contributed by atoms with Crippen LogP contribution in [0.1, 0.15) is 6.42 Å². The van der Waals surface area contributed by atoms with E-state index in [1.807, 2.05) is 18.2 Å². The fraction of sp³-hybridized carbons (Fsp3) is 0.227. The molecule has 0 bridgehead atoms. The lowest BCUT2D eigenvalue weighted by Gasteiger charge is -2.18. The van der Waals surface area contributed by atoms with Crippen LogP contribution in [0.15, 0.2) is 61.0 Å². The maximum atomic E-state index is 5.96.